The third-order valence-electron chi connectivity index (χ3n) is 3.79. The van der Waals surface area contributed by atoms with Gasteiger partial charge in [0, 0.05) is 19.5 Å². The number of aliphatic carboxylic acids is 1. The highest BCUT2D eigenvalue weighted by Gasteiger charge is 2.45. The Labute approximate surface area is 120 Å². The Hall–Kier alpha value is -2.45. The number of carbonyl (C=O) groups excluding carboxylic acids is 1. The molecule has 2 heterocycles. The fraction of sp³-hybridized carbons (Fsp3) is 0.583. The molecule has 2 rings (SSSR count). The van der Waals surface area contributed by atoms with Crippen LogP contribution in [0.5, 0.6) is 0 Å². The van der Waals surface area contributed by atoms with Gasteiger partial charge in [0.25, 0.3) is 0 Å². The number of likely N-dealkylation sites (tertiary alicyclic amines) is 1. The number of rotatable bonds is 5. The molecule has 1 aromatic heterocycles. The molecule has 0 aromatic carbocycles. The molecule has 1 unspecified atom stereocenters. The number of carboxylic acid groups (broad SMARTS) is 1. The Kier molecular flexibility index (Phi) is 3.92. The summed E-state index contributed by atoms with van der Waals surface area (Å²) in [6, 6.07) is 0. The topological polar surface area (TPSA) is 119 Å². The van der Waals surface area contributed by atoms with Gasteiger partial charge in [0.2, 0.25) is 5.91 Å². The second kappa shape index (κ2) is 5.51. The highest BCUT2D eigenvalue weighted by molar-refractivity contribution is 5.87. The van der Waals surface area contributed by atoms with E-state index in [0.717, 1.165) is 6.20 Å². The number of carbonyl (C=O) groups is 2. The minimum absolute atomic E-state index is 0.0572. The van der Waals surface area contributed by atoms with Crippen molar-refractivity contribution in [3.05, 3.63) is 22.5 Å². The Morgan fingerprint density at radius 3 is 2.86 bits per heavy atom. The Morgan fingerprint density at radius 2 is 2.29 bits per heavy atom. The molecule has 1 fully saturated rings. The summed E-state index contributed by atoms with van der Waals surface area (Å²) in [5, 5.41) is 23.6. The van der Waals surface area contributed by atoms with E-state index in [4.69, 9.17) is 0 Å². The van der Waals surface area contributed by atoms with Crippen LogP contribution in [0.25, 0.3) is 0 Å². The summed E-state index contributed by atoms with van der Waals surface area (Å²) in [6.45, 7) is 2.14. The average Bonchev–Trinajstić information content (AvgIpc) is 3.03. The van der Waals surface area contributed by atoms with Gasteiger partial charge in [0.1, 0.15) is 17.9 Å². The van der Waals surface area contributed by atoms with Crippen molar-refractivity contribution in [1.82, 2.24) is 14.7 Å². The van der Waals surface area contributed by atoms with Crippen molar-refractivity contribution in [2.75, 3.05) is 6.54 Å². The molecule has 0 aliphatic carbocycles. The maximum absolute atomic E-state index is 12.2. The van der Waals surface area contributed by atoms with Crippen LogP contribution in [0.2, 0.25) is 0 Å². The molecule has 1 aliphatic heterocycles. The maximum Gasteiger partial charge on any atom is 0.329 e. The van der Waals surface area contributed by atoms with Gasteiger partial charge >= 0.3 is 11.7 Å². The SMILES string of the molecule is CC1(C(=O)O)CCCN1C(=O)CCn1cc([N+](=O)[O-])cn1. The zero-order chi connectivity index (χ0) is 15.6. The lowest BCUT2D eigenvalue weighted by Crippen LogP contribution is -2.50. The van der Waals surface area contributed by atoms with Crippen LogP contribution in [0.1, 0.15) is 26.2 Å². The van der Waals surface area contributed by atoms with Gasteiger partial charge in [-0.15, -0.1) is 0 Å². The number of aryl methyl sites for hydroxylation is 1. The standard InChI is InChI=1S/C12H16N4O5/c1-12(11(18)19)4-2-5-15(12)10(17)3-6-14-8-9(7-13-14)16(20)21/h7-8H,2-6H2,1H3,(H,18,19). The molecule has 1 atom stereocenters. The first-order valence-corrected chi connectivity index (χ1v) is 6.55. The number of aromatic nitrogens is 2. The molecule has 114 valence electrons. The van der Waals surface area contributed by atoms with E-state index >= 15 is 0 Å². The third kappa shape index (κ3) is 2.86. The van der Waals surface area contributed by atoms with Gasteiger partial charge in [-0.1, -0.05) is 0 Å². The van der Waals surface area contributed by atoms with Crippen molar-refractivity contribution in [1.29, 1.82) is 0 Å². The summed E-state index contributed by atoms with van der Waals surface area (Å²) >= 11 is 0. The van der Waals surface area contributed by atoms with Crippen molar-refractivity contribution in [2.45, 2.75) is 38.3 Å². The lowest BCUT2D eigenvalue weighted by Gasteiger charge is -2.31. The Morgan fingerprint density at radius 1 is 1.57 bits per heavy atom. The van der Waals surface area contributed by atoms with Crippen molar-refractivity contribution in [3.8, 4) is 0 Å². The molecule has 1 saturated heterocycles. The lowest BCUT2D eigenvalue weighted by molar-refractivity contribution is -0.385. The summed E-state index contributed by atoms with van der Waals surface area (Å²) in [5.74, 6) is -1.29. The van der Waals surface area contributed by atoms with Crippen molar-refractivity contribution in [3.63, 3.8) is 0 Å². The molecule has 1 N–H and O–H groups in total. The third-order valence-corrected chi connectivity index (χ3v) is 3.79. The molecule has 0 saturated carbocycles. The fourth-order valence-corrected chi connectivity index (χ4v) is 2.50. The molecular formula is C12H16N4O5. The average molecular weight is 296 g/mol. The number of amides is 1. The first-order chi connectivity index (χ1) is 9.84. The van der Waals surface area contributed by atoms with Crippen LogP contribution < -0.4 is 0 Å². The molecule has 0 spiro atoms. The Bertz CT molecular complexity index is 584. The summed E-state index contributed by atoms with van der Waals surface area (Å²) in [4.78, 5) is 34.8. The van der Waals surface area contributed by atoms with Crippen LogP contribution in [0.15, 0.2) is 12.4 Å². The minimum atomic E-state index is -1.16. The van der Waals surface area contributed by atoms with Crippen LogP contribution in [0.4, 0.5) is 5.69 Å². The normalized spacial score (nSPS) is 21.5. The van der Waals surface area contributed by atoms with Gasteiger partial charge < -0.3 is 10.0 Å². The predicted molar refractivity (Wildman–Crippen MR) is 70.5 cm³/mol. The van der Waals surface area contributed by atoms with Crippen LogP contribution in [-0.2, 0) is 16.1 Å². The molecule has 1 amide bonds. The monoisotopic (exact) mass is 296 g/mol. The maximum atomic E-state index is 12.2. The van der Waals surface area contributed by atoms with Gasteiger partial charge in [-0.05, 0) is 19.8 Å². The van der Waals surface area contributed by atoms with E-state index in [1.165, 1.54) is 15.8 Å². The van der Waals surface area contributed by atoms with Crippen molar-refractivity contribution in [2.24, 2.45) is 0 Å². The first-order valence-electron chi connectivity index (χ1n) is 6.55. The number of hydrogen-bond acceptors (Lipinski definition) is 5. The van der Waals surface area contributed by atoms with Gasteiger partial charge in [0.05, 0.1) is 4.92 Å². The van der Waals surface area contributed by atoms with E-state index < -0.39 is 16.4 Å². The minimum Gasteiger partial charge on any atom is -0.480 e. The molecule has 9 nitrogen and oxygen atoms in total. The van der Waals surface area contributed by atoms with Crippen LogP contribution in [0.3, 0.4) is 0 Å². The van der Waals surface area contributed by atoms with Crippen LogP contribution in [-0.4, -0.2) is 48.7 Å². The summed E-state index contributed by atoms with van der Waals surface area (Å²) in [5.41, 5.74) is -1.30. The molecule has 1 aromatic rings. The summed E-state index contributed by atoms with van der Waals surface area (Å²) in [7, 11) is 0. The van der Waals surface area contributed by atoms with Crippen LogP contribution in [0, 0.1) is 10.1 Å². The lowest BCUT2D eigenvalue weighted by atomic mass is 9.99. The highest BCUT2D eigenvalue weighted by atomic mass is 16.6. The number of hydrogen-bond donors (Lipinski definition) is 1. The highest BCUT2D eigenvalue weighted by Crippen LogP contribution is 2.29. The van der Waals surface area contributed by atoms with E-state index in [0.29, 0.717) is 19.4 Å². The van der Waals surface area contributed by atoms with Gasteiger partial charge in [0.15, 0.2) is 0 Å². The molecular weight excluding hydrogens is 280 g/mol. The van der Waals surface area contributed by atoms with Crippen LogP contribution >= 0.6 is 0 Å². The second-order valence-corrected chi connectivity index (χ2v) is 5.20. The number of nitrogens with zero attached hydrogens (tertiary/aromatic N) is 4. The number of nitro groups is 1. The van der Waals surface area contributed by atoms with E-state index in [2.05, 4.69) is 5.10 Å². The van der Waals surface area contributed by atoms with Gasteiger partial charge in [-0.25, -0.2) is 4.79 Å². The first kappa shape index (κ1) is 14.9. The quantitative estimate of drug-likeness (QED) is 0.629. The molecule has 21 heavy (non-hydrogen) atoms. The Balaban J connectivity index is 1.98. The van der Waals surface area contributed by atoms with Crippen molar-refractivity contribution < 1.29 is 19.6 Å². The summed E-state index contributed by atoms with van der Waals surface area (Å²) in [6.07, 6.45) is 3.50. The van der Waals surface area contributed by atoms with Gasteiger partial charge in [-0.3, -0.25) is 19.6 Å². The molecule has 0 radical (unpaired) electrons. The van der Waals surface area contributed by atoms with Crippen molar-refractivity contribution >= 4 is 17.6 Å². The zero-order valence-electron chi connectivity index (χ0n) is 11.6. The largest absolute Gasteiger partial charge is 0.480 e. The van der Waals surface area contributed by atoms with E-state index in [-0.39, 0.29) is 24.6 Å². The zero-order valence-corrected chi connectivity index (χ0v) is 11.6. The second-order valence-electron chi connectivity index (χ2n) is 5.20. The summed E-state index contributed by atoms with van der Waals surface area (Å²) < 4.78 is 1.31. The molecule has 9 heteroatoms. The fourth-order valence-electron chi connectivity index (χ4n) is 2.50. The smallest absolute Gasteiger partial charge is 0.329 e. The predicted octanol–water partition coefficient (Wildman–Crippen LogP) is 0.647. The molecule has 0 bridgehead atoms. The number of carboxylic acids is 1. The van der Waals surface area contributed by atoms with E-state index in [9.17, 15) is 24.8 Å². The van der Waals surface area contributed by atoms with E-state index in [1.54, 1.807) is 6.92 Å². The molecule has 1 aliphatic rings. The van der Waals surface area contributed by atoms with E-state index in [1.807, 2.05) is 0 Å². The van der Waals surface area contributed by atoms with Gasteiger partial charge in [-0.2, -0.15) is 5.10 Å².